The van der Waals surface area contributed by atoms with Gasteiger partial charge in [0, 0.05) is 15.9 Å². The minimum absolute atomic E-state index is 0.0494. The predicted octanol–water partition coefficient (Wildman–Crippen LogP) is 5.18. The van der Waals surface area contributed by atoms with Crippen LogP contribution in [0.3, 0.4) is 0 Å². The Balaban J connectivity index is 2.28. The first-order valence-electron chi connectivity index (χ1n) is 6.35. The number of hydrogen-bond donors (Lipinski definition) is 0. The molecule has 1 atom stereocenters. The molecule has 21 heavy (non-hydrogen) atoms. The van der Waals surface area contributed by atoms with Crippen LogP contribution in [-0.4, -0.2) is 14.2 Å². The molecule has 0 amide bonds. The molecule has 0 fully saturated rings. The Morgan fingerprint density at radius 2 is 1.81 bits per heavy atom. The van der Waals surface area contributed by atoms with Crippen LogP contribution in [0.1, 0.15) is 16.0 Å². The van der Waals surface area contributed by atoms with E-state index in [1.807, 2.05) is 12.1 Å². The first kappa shape index (κ1) is 16.1. The van der Waals surface area contributed by atoms with E-state index in [1.54, 1.807) is 26.4 Å². The van der Waals surface area contributed by atoms with Gasteiger partial charge in [-0.3, -0.25) is 0 Å². The molecule has 0 bridgehead atoms. The van der Waals surface area contributed by atoms with Crippen LogP contribution in [0.2, 0.25) is 5.02 Å². The maximum atomic E-state index is 13.2. The minimum atomic E-state index is -0.245. The molecule has 5 heteroatoms. The summed E-state index contributed by atoms with van der Waals surface area (Å²) in [5, 5.41) is 0.575. The monoisotopic (exact) mass is 372 g/mol. The van der Waals surface area contributed by atoms with Gasteiger partial charge in [-0.2, -0.15) is 0 Å². The summed E-state index contributed by atoms with van der Waals surface area (Å²) in [5.74, 6) is 0.947. The molecule has 0 saturated heterocycles. The van der Waals surface area contributed by atoms with Crippen molar-refractivity contribution in [1.29, 1.82) is 0 Å². The molecule has 112 valence electrons. The Labute approximate surface area is 137 Å². The molecule has 0 aliphatic rings. The third kappa shape index (κ3) is 3.89. The molecule has 0 radical (unpaired) electrons. The van der Waals surface area contributed by atoms with Gasteiger partial charge in [0.2, 0.25) is 0 Å². The third-order valence-electron chi connectivity index (χ3n) is 3.14. The van der Waals surface area contributed by atoms with E-state index < -0.39 is 0 Å². The van der Waals surface area contributed by atoms with Crippen LogP contribution in [0.4, 0.5) is 4.39 Å². The SMILES string of the molecule is COc1cc(Cl)c(C(Br)Cc2cccc(F)c2)cc1OC. The molecule has 1 unspecified atom stereocenters. The van der Waals surface area contributed by atoms with Gasteiger partial charge in [0.05, 0.1) is 14.2 Å². The van der Waals surface area contributed by atoms with Crippen molar-refractivity contribution in [2.45, 2.75) is 11.2 Å². The van der Waals surface area contributed by atoms with Gasteiger partial charge in [0.15, 0.2) is 11.5 Å². The average molecular weight is 374 g/mol. The summed E-state index contributed by atoms with van der Waals surface area (Å²) in [6.07, 6.45) is 0.618. The first-order valence-corrected chi connectivity index (χ1v) is 7.64. The second kappa shape index (κ2) is 7.14. The number of hydrogen-bond acceptors (Lipinski definition) is 2. The Morgan fingerprint density at radius 1 is 1.14 bits per heavy atom. The van der Waals surface area contributed by atoms with Gasteiger partial charge in [-0.15, -0.1) is 0 Å². The van der Waals surface area contributed by atoms with Gasteiger partial charge in [-0.1, -0.05) is 39.7 Å². The van der Waals surface area contributed by atoms with Gasteiger partial charge < -0.3 is 9.47 Å². The normalized spacial score (nSPS) is 12.0. The topological polar surface area (TPSA) is 18.5 Å². The van der Waals surface area contributed by atoms with Gasteiger partial charge in [0.1, 0.15) is 5.82 Å². The van der Waals surface area contributed by atoms with Gasteiger partial charge >= 0.3 is 0 Å². The van der Waals surface area contributed by atoms with Crippen molar-refractivity contribution >= 4 is 27.5 Å². The lowest BCUT2D eigenvalue weighted by atomic mass is 10.0. The Hall–Kier alpha value is -1.26. The number of alkyl halides is 1. The summed E-state index contributed by atoms with van der Waals surface area (Å²) < 4.78 is 23.7. The van der Waals surface area contributed by atoms with Crippen LogP contribution in [-0.2, 0) is 6.42 Å². The molecule has 2 aromatic rings. The molecule has 0 saturated carbocycles. The number of rotatable bonds is 5. The van der Waals surface area contributed by atoms with Crippen molar-refractivity contribution < 1.29 is 13.9 Å². The first-order chi connectivity index (χ1) is 10.0. The van der Waals surface area contributed by atoms with Crippen LogP contribution >= 0.6 is 27.5 Å². The van der Waals surface area contributed by atoms with Crippen molar-refractivity contribution in [2.24, 2.45) is 0 Å². The standard InChI is InChI=1S/C16H15BrClFO2/c1-20-15-8-12(14(18)9-16(15)21-2)13(17)7-10-4-3-5-11(19)6-10/h3-6,8-9,13H,7H2,1-2H3. The molecule has 0 aliphatic heterocycles. The predicted molar refractivity (Wildman–Crippen MR) is 86.3 cm³/mol. The number of benzene rings is 2. The smallest absolute Gasteiger partial charge is 0.162 e. The van der Waals surface area contributed by atoms with Crippen molar-refractivity contribution in [2.75, 3.05) is 14.2 Å². The van der Waals surface area contributed by atoms with Crippen LogP contribution in [0.15, 0.2) is 36.4 Å². The van der Waals surface area contributed by atoms with Crippen molar-refractivity contribution in [3.63, 3.8) is 0 Å². The highest BCUT2D eigenvalue weighted by molar-refractivity contribution is 9.09. The Bertz CT molecular complexity index is 634. The van der Waals surface area contributed by atoms with Crippen LogP contribution in [0, 0.1) is 5.82 Å². The lowest BCUT2D eigenvalue weighted by Gasteiger charge is -2.16. The van der Waals surface area contributed by atoms with E-state index in [0.717, 1.165) is 11.1 Å². The van der Waals surface area contributed by atoms with E-state index in [0.29, 0.717) is 22.9 Å². The van der Waals surface area contributed by atoms with Gasteiger partial charge in [-0.25, -0.2) is 4.39 Å². The highest BCUT2D eigenvalue weighted by Crippen LogP contribution is 2.39. The van der Waals surface area contributed by atoms with Crippen LogP contribution < -0.4 is 9.47 Å². The molecule has 2 aromatic carbocycles. The van der Waals surface area contributed by atoms with E-state index in [-0.39, 0.29) is 10.6 Å². The molecule has 0 heterocycles. The Kier molecular flexibility index (Phi) is 5.48. The van der Waals surface area contributed by atoms with E-state index >= 15 is 0 Å². The fourth-order valence-electron chi connectivity index (χ4n) is 2.09. The molecule has 0 aromatic heterocycles. The van der Waals surface area contributed by atoms with Gasteiger partial charge in [-0.05, 0) is 35.7 Å². The lowest BCUT2D eigenvalue weighted by molar-refractivity contribution is 0.354. The van der Waals surface area contributed by atoms with E-state index in [2.05, 4.69) is 15.9 Å². The average Bonchev–Trinajstić information content (AvgIpc) is 2.46. The molecular formula is C16H15BrClFO2. The van der Waals surface area contributed by atoms with Gasteiger partial charge in [0.25, 0.3) is 0 Å². The van der Waals surface area contributed by atoms with Crippen molar-refractivity contribution in [3.8, 4) is 11.5 Å². The summed E-state index contributed by atoms with van der Waals surface area (Å²) >= 11 is 9.89. The minimum Gasteiger partial charge on any atom is -0.493 e. The second-order valence-corrected chi connectivity index (χ2v) is 6.04. The quantitative estimate of drug-likeness (QED) is 0.673. The highest BCUT2D eigenvalue weighted by Gasteiger charge is 2.17. The lowest BCUT2D eigenvalue weighted by Crippen LogP contribution is -1.99. The summed E-state index contributed by atoms with van der Waals surface area (Å²) in [4.78, 5) is -0.0494. The molecule has 2 rings (SSSR count). The fourth-order valence-corrected chi connectivity index (χ4v) is 3.26. The number of methoxy groups -OCH3 is 2. The summed E-state index contributed by atoms with van der Waals surface area (Å²) in [5.41, 5.74) is 1.77. The zero-order valence-corrected chi connectivity index (χ0v) is 14.0. The Morgan fingerprint density at radius 3 is 2.43 bits per heavy atom. The molecular weight excluding hydrogens is 359 g/mol. The second-order valence-electron chi connectivity index (χ2n) is 4.53. The fraction of sp³-hybridized carbons (Fsp3) is 0.250. The maximum Gasteiger partial charge on any atom is 0.162 e. The summed E-state index contributed by atoms with van der Waals surface area (Å²) in [6, 6.07) is 10.1. The van der Waals surface area contributed by atoms with E-state index in [9.17, 15) is 4.39 Å². The van der Waals surface area contributed by atoms with Crippen molar-refractivity contribution in [3.05, 3.63) is 58.4 Å². The largest absolute Gasteiger partial charge is 0.493 e. The molecule has 0 spiro atoms. The molecule has 0 N–H and O–H groups in total. The zero-order chi connectivity index (χ0) is 15.4. The summed E-state index contributed by atoms with van der Waals surface area (Å²) in [7, 11) is 3.14. The van der Waals surface area contributed by atoms with Crippen molar-refractivity contribution in [1.82, 2.24) is 0 Å². The highest BCUT2D eigenvalue weighted by atomic mass is 79.9. The zero-order valence-electron chi connectivity index (χ0n) is 11.7. The maximum absolute atomic E-state index is 13.2. The van der Waals surface area contributed by atoms with Crippen LogP contribution in [0.5, 0.6) is 11.5 Å². The summed E-state index contributed by atoms with van der Waals surface area (Å²) in [6.45, 7) is 0. The van der Waals surface area contributed by atoms with Crippen LogP contribution in [0.25, 0.3) is 0 Å². The molecule has 0 aliphatic carbocycles. The number of halogens is 3. The number of ether oxygens (including phenoxy) is 2. The third-order valence-corrected chi connectivity index (χ3v) is 4.29. The molecule has 2 nitrogen and oxygen atoms in total. The van der Waals surface area contributed by atoms with E-state index in [1.165, 1.54) is 12.1 Å². The van der Waals surface area contributed by atoms with E-state index in [4.69, 9.17) is 21.1 Å².